The molecule has 1 aromatic carbocycles. The van der Waals surface area contributed by atoms with Crippen LogP contribution in [0.25, 0.3) is 0 Å². The molecule has 2 N–H and O–H groups in total. The molecular weight excluding hydrogens is 362 g/mol. The number of ether oxygens (including phenoxy) is 1. The Hall–Kier alpha value is -1.62. The van der Waals surface area contributed by atoms with Crippen molar-refractivity contribution in [2.75, 3.05) is 36.8 Å². The second-order valence-corrected chi connectivity index (χ2v) is 9.25. The van der Waals surface area contributed by atoms with E-state index in [1.807, 2.05) is 43.9 Å². The summed E-state index contributed by atoms with van der Waals surface area (Å²) < 4.78 is 5.50. The van der Waals surface area contributed by atoms with Crippen LogP contribution in [0.4, 0.5) is 16.2 Å². The van der Waals surface area contributed by atoms with E-state index in [-0.39, 0.29) is 6.09 Å². The Kier molecular flexibility index (Phi) is 6.09. The fourth-order valence-corrected chi connectivity index (χ4v) is 4.58. The normalized spacial score (nSPS) is 20.0. The highest BCUT2D eigenvalue weighted by Crippen LogP contribution is 2.36. The number of hydrogen-bond donors (Lipinski definition) is 1. The number of nitrogens with zero attached hydrogens (tertiary/aromatic N) is 2. The van der Waals surface area contributed by atoms with Gasteiger partial charge in [-0.3, -0.25) is 0 Å². The lowest BCUT2D eigenvalue weighted by Crippen LogP contribution is -2.44. The number of benzene rings is 1. The molecule has 3 rings (SSSR count). The Bertz CT molecular complexity index is 658. The van der Waals surface area contributed by atoms with Crippen molar-refractivity contribution in [3.8, 4) is 0 Å². The molecule has 0 aliphatic carbocycles. The van der Waals surface area contributed by atoms with Crippen molar-refractivity contribution in [1.29, 1.82) is 0 Å². The molecule has 0 spiro atoms. The van der Waals surface area contributed by atoms with Gasteiger partial charge in [0, 0.05) is 31.9 Å². The van der Waals surface area contributed by atoms with Gasteiger partial charge < -0.3 is 20.3 Å². The van der Waals surface area contributed by atoms with Gasteiger partial charge in [-0.2, -0.15) is 0 Å². The topological polar surface area (TPSA) is 58.8 Å². The van der Waals surface area contributed by atoms with Crippen LogP contribution in [0, 0.1) is 11.8 Å². The van der Waals surface area contributed by atoms with Crippen LogP contribution in [0.1, 0.15) is 46.5 Å². The number of likely N-dealkylation sites (tertiary alicyclic amines) is 1. The van der Waals surface area contributed by atoms with Crippen molar-refractivity contribution in [3.63, 3.8) is 0 Å². The summed E-state index contributed by atoms with van der Waals surface area (Å²) in [6.45, 7) is 9.42. The zero-order valence-electron chi connectivity index (χ0n) is 16.7. The lowest BCUT2D eigenvalue weighted by atomic mass is 9.79. The quantitative estimate of drug-likeness (QED) is 0.734. The Morgan fingerprint density at radius 3 is 2.15 bits per heavy atom. The summed E-state index contributed by atoms with van der Waals surface area (Å²) in [6, 6.07) is 5.77. The van der Waals surface area contributed by atoms with Crippen molar-refractivity contribution in [2.45, 2.75) is 52.1 Å². The van der Waals surface area contributed by atoms with Crippen LogP contribution in [-0.2, 0) is 4.74 Å². The van der Waals surface area contributed by atoms with Crippen molar-refractivity contribution in [2.24, 2.45) is 11.8 Å². The van der Waals surface area contributed by atoms with Gasteiger partial charge in [-0.15, -0.1) is 0 Å². The van der Waals surface area contributed by atoms with Crippen LogP contribution in [0.2, 0.25) is 5.02 Å². The Balaban J connectivity index is 1.48. The minimum atomic E-state index is -0.426. The first-order valence-corrected chi connectivity index (χ1v) is 10.4. The number of hydrogen-bond acceptors (Lipinski definition) is 4. The lowest BCUT2D eigenvalue weighted by Gasteiger charge is -2.41. The van der Waals surface area contributed by atoms with Crippen LogP contribution >= 0.6 is 11.6 Å². The predicted octanol–water partition coefficient (Wildman–Crippen LogP) is 4.79. The summed E-state index contributed by atoms with van der Waals surface area (Å²) in [4.78, 5) is 16.5. The molecule has 0 unspecified atom stereocenters. The van der Waals surface area contributed by atoms with Crippen LogP contribution in [0.3, 0.4) is 0 Å². The van der Waals surface area contributed by atoms with E-state index in [1.165, 1.54) is 12.8 Å². The molecule has 0 aromatic heterocycles. The molecule has 27 heavy (non-hydrogen) atoms. The van der Waals surface area contributed by atoms with Gasteiger partial charge in [-0.25, -0.2) is 4.79 Å². The molecule has 2 heterocycles. The van der Waals surface area contributed by atoms with Gasteiger partial charge in [0.1, 0.15) is 5.60 Å². The number of carbonyl (C=O) groups is 1. The molecule has 2 saturated heterocycles. The Morgan fingerprint density at radius 2 is 1.63 bits per heavy atom. The maximum Gasteiger partial charge on any atom is 0.410 e. The lowest BCUT2D eigenvalue weighted by molar-refractivity contribution is 0.0152. The zero-order chi connectivity index (χ0) is 19.6. The summed E-state index contributed by atoms with van der Waals surface area (Å²) in [5, 5.41) is 0.735. The number of amides is 1. The standard InChI is InChI=1S/C21H32ClN3O2/c1-21(2,3)27-20(26)25-12-8-16(9-13-25)15-6-10-24(11-7-15)19-5-4-17(23)14-18(19)22/h4-5,14-16H,6-13,23H2,1-3H3. The molecule has 2 fully saturated rings. The Morgan fingerprint density at radius 1 is 1.07 bits per heavy atom. The largest absolute Gasteiger partial charge is 0.444 e. The first-order valence-electron chi connectivity index (χ1n) is 10.0. The molecule has 0 saturated carbocycles. The highest BCUT2D eigenvalue weighted by Gasteiger charge is 2.32. The summed E-state index contributed by atoms with van der Waals surface area (Å²) in [6.07, 6.45) is 4.34. The highest BCUT2D eigenvalue weighted by atomic mass is 35.5. The average Bonchev–Trinajstić information content (AvgIpc) is 2.61. The monoisotopic (exact) mass is 393 g/mol. The predicted molar refractivity (Wildman–Crippen MR) is 111 cm³/mol. The molecule has 0 atom stereocenters. The molecule has 2 aliphatic heterocycles. The van der Waals surface area contributed by atoms with Gasteiger partial charge in [0.15, 0.2) is 0 Å². The van der Waals surface area contributed by atoms with E-state index < -0.39 is 5.60 Å². The number of carbonyl (C=O) groups excluding carboxylic acids is 1. The van der Waals surface area contributed by atoms with Crippen LogP contribution in [0.5, 0.6) is 0 Å². The zero-order valence-corrected chi connectivity index (χ0v) is 17.5. The van der Waals surface area contributed by atoms with E-state index in [0.717, 1.165) is 55.6 Å². The summed E-state index contributed by atoms with van der Waals surface area (Å²) >= 11 is 6.37. The third-order valence-electron chi connectivity index (χ3n) is 5.71. The van der Waals surface area contributed by atoms with Gasteiger partial charge in [0.05, 0.1) is 10.7 Å². The smallest absolute Gasteiger partial charge is 0.410 e. The van der Waals surface area contributed by atoms with Gasteiger partial charge in [-0.05, 0) is 76.5 Å². The second kappa shape index (κ2) is 8.17. The van der Waals surface area contributed by atoms with Gasteiger partial charge in [-0.1, -0.05) is 11.6 Å². The molecule has 0 radical (unpaired) electrons. The molecule has 1 aromatic rings. The molecule has 5 nitrogen and oxygen atoms in total. The molecule has 1 amide bonds. The van der Waals surface area contributed by atoms with Gasteiger partial charge in [0.25, 0.3) is 0 Å². The van der Waals surface area contributed by atoms with Crippen molar-refractivity contribution in [1.82, 2.24) is 4.90 Å². The fraction of sp³-hybridized carbons (Fsp3) is 0.667. The first-order chi connectivity index (χ1) is 12.7. The number of rotatable bonds is 2. The average molecular weight is 394 g/mol. The summed E-state index contributed by atoms with van der Waals surface area (Å²) in [5.74, 6) is 1.43. The van der Waals surface area contributed by atoms with Crippen LogP contribution in [0.15, 0.2) is 18.2 Å². The van der Waals surface area contributed by atoms with Crippen molar-refractivity contribution >= 4 is 29.1 Å². The Labute approximate surface area is 167 Å². The number of halogens is 1. The van der Waals surface area contributed by atoms with Crippen LogP contribution < -0.4 is 10.6 Å². The van der Waals surface area contributed by atoms with Crippen LogP contribution in [-0.4, -0.2) is 42.8 Å². The summed E-state index contributed by atoms with van der Waals surface area (Å²) in [7, 11) is 0. The van der Waals surface area contributed by atoms with E-state index in [4.69, 9.17) is 22.1 Å². The molecule has 6 heteroatoms. The third-order valence-corrected chi connectivity index (χ3v) is 6.01. The minimum Gasteiger partial charge on any atom is -0.444 e. The number of piperidine rings is 2. The van der Waals surface area contributed by atoms with Crippen molar-refractivity contribution < 1.29 is 9.53 Å². The highest BCUT2D eigenvalue weighted by molar-refractivity contribution is 6.33. The summed E-state index contributed by atoms with van der Waals surface area (Å²) in [5.41, 5.74) is 7.17. The van der Waals surface area contributed by atoms with E-state index >= 15 is 0 Å². The number of nitrogen functional groups attached to an aromatic ring is 1. The first kappa shape index (κ1) is 20.1. The number of nitrogens with two attached hydrogens (primary N) is 1. The van der Waals surface area contributed by atoms with E-state index in [0.29, 0.717) is 11.6 Å². The maximum atomic E-state index is 12.2. The molecule has 150 valence electrons. The fourth-order valence-electron chi connectivity index (χ4n) is 4.27. The van der Waals surface area contributed by atoms with Gasteiger partial charge >= 0.3 is 6.09 Å². The van der Waals surface area contributed by atoms with E-state index in [2.05, 4.69) is 4.90 Å². The molecular formula is C21H32ClN3O2. The molecule has 2 aliphatic rings. The molecule has 0 bridgehead atoms. The van der Waals surface area contributed by atoms with E-state index in [1.54, 1.807) is 0 Å². The van der Waals surface area contributed by atoms with Gasteiger partial charge in [0.2, 0.25) is 0 Å². The van der Waals surface area contributed by atoms with Crippen molar-refractivity contribution in [3.05, 3.63) is 23.2 Å². The number of anilines is 2. The second-order valence-electron chi connectivity index (χ2n) is 8.84. The third kappa shape index (κ3) is 5.22. The SMILES string of the molecule is CC(C)(C)OC(=O)N1CCC(C2CCN(c3ccc(N)cc3Cl)CC2)CC1. The van der Waals surface area contributed by atoms with E-state index in [9.17, 15) is 4.79 Å². The minimum absolute atomic E-state index is 0.172. The maximum absolute atomic E-state index is 12.2.